The van der Waals surface area contributed by atoms with E-state index in [0.29, 0.717) is 33.6 Å². The van der Waals surface area contributed by atoms with Crippen LogP contribution in [0.5, 0.6) is 0 Å². The van der Waals surface area contributed by atoms with Gasteiger partial charge in [-0.05, 0) is 61.6 Å². The standard InChI is InChI=1S/C23H26Cl2N2O3S/c24-19-8-6-15(12-20(19)25)27-31(28,29)16-7-9-21-18(13-16)23-17(10-11-30-23)22(26-21)14-4-2-1-3-5-14/h6-9,12-14,17,22-23,26-27H,1-5,10-11H2/t17-,22-,23-/m0/s1. The van der Waals surface area contributed by atoms with E-state index in [0.717, 1.165) is 24.3 Å². The number of hydrogen-bond donors (Lipinski definition) is 2. The van der Waals surface area contributed by atoms with Crippen molar-refractivity contribution in [3.05, 3.63) is 52.0 Å². The smallest absolute Gasteiger partial charge is 0.261 e. The first-order chi connectivity index (χ1) is 14.9. The molecule has 2 aliphatic heterocycles. The minimum Gasteiger partial charge on any atom is -0.381 e. The van der Waals surface area contributed by atoms with Gasteiger partial charge in [0.25, 0.3) is 10.0 Å². The Kier molecular flexibility index (Phi) is 5.84. The van der Waals surface area contributed by atoms with Crippen LogP contribution >= 0.6 is 23.2 Å². The van der Waals surface area contributed by atoms with Gasteiger partial charge in [0.15, 0.2) is 0 Å². The summed E-state index contributed by atoms with van der Waals surface area (Å²) in [4.78, 5) is 0.212. The molecule has 166 valence electrons. The van der Waals surface area contributed by atoms with Crippen molar-refractivity contribution in [1.29, 1.82) is 0 Å². The minimum absolute atomic E-state index is 0.0525. The van der Waals surface area contributed by atoms with Crippen molar-refractivity contribution in [2.45, 2.75) is 55.6 Å². The first-order valence-electron chi connectivity index (χ1n) is 10.9. The predicted octanol–water partition coefficient (Wildman–Crippen LogP) is 6.25. The quantitative estimate of drug-likeness (QED) is 0.542. The molecule has 1 saturated heterocycles. The summed E-state index contributed by atoms with van der Waals surface area (Å²) in [7, 11) is -3.77. The largest absolute Gasteiger partial charge is 0.381 e. The monoisotopic (exact) mass is 480 g/mol. The van der Waals surface area contributed by atoms with E-state index in [1.165, 1.54) is 38.2 Å². The van der Waals surface area contributed by atoms with Gasteiger partial charge in [-0.1, -0.05) is 42.5 Å². The van der Waals surface area contributed by atoms with E-state index in [-0.39, 0.29) is 11.0 Å². The van der Waals surface area contributed by atoms with Crippen LogP contribution in [0.15, 0.2) is 41.3 Å². The van der Waals surface area contributed by atoms with Crippen LogP contribution in [0.1, 0.15) is 50.2 Å². The maximum Gasteiger partial charge on any atom is 0.261 e. The maximum absolute atomic E-state index is 13.0. The van der Waals surface area contributed by atoms with Gasteiger partial charge in [-0.3, -0.25) is 4.72 Å². The number of anilines is 2. The summed E-state index contributed by atoms with van der Waals surface area (Å²) < 4.78 is 34.8. The fourth-order valence-corrected chi connectivity index (χ4v) is 6.77. The number of halogens is 2. The van der Waals surface area contributed by atoms with E-state index in [2.05, 4.69) is 10.0 Å². The van der Waals surface area contributed by atoms with Crippen LogP contribution in [0.2, 0.25) is 10.0 Å². The Morgan fingerprint density at radius 3 is 2.55 bits per heavy atom. The van der Waals surface area contributed by atoms with E-state index in [9.17, 15) is 8.42 Å². The van der Waals surface area contributed by atoms with Crippen molar-refractivity contribution in [2.75, 3.05) is 16.6 Å². The lowest BCUT2D eigenvalue weighted by Gasteiger charge is -2.42. The zero-order valence-corrected chi connectivity index (χ0v) is 19.4. The molecular formula is C23H26Cl2N2O3S. The summed E-state index contributed by atoms with van der Waals surface area (Å²) in [5.74, 6) is 1.05. The Hall–Kier alpha value is -1.47. The van der Waals surface area contributed by atoms with Crippen LogP contribution in [0.25, 0.3) is 0 Å². The van der Waals surface area contributed by atoms with Gasteiger partial charge in [0.05, 0.1) is 26.7 Å². The molecule has 31 heavy (non-hydrogen) atoms. The van der Waals surface area contributed by atoms with Crippen molar-refractivity contribution in [3.63, 3.8) is 0 Å². The molecule has 2 aromatic carbocycles. The van der Waals surface area contributed by atoms with Crippen LogP contribution < -0.4 is 10.0 Å². The van der Waals surface area contributed by atoms with E-state index in [1.807, 2.05) is 6.07 Å². The van der Waals surface area contributed by atoms with Gasteiger partial charge in [0, 0.05) is 29.8 Å². The van der Waals surface area contributed by atoms with E-state index in [1.54, 1.807) is 24.3 Å². The molecule has 0 amide bonds. The Balaban J connectivity index is 1.43. The molecule has 0 bridgehead atoms. The maximum atomic E-state index is 13.0. The highest BCUT2D eigenvalue weighted by Gasteiger charge is 2.44. The number of hydrogen-bond acceptors (Lipinski definition) is 4. The zero-order chi connectivity index (χ0) is 21.6. The summed E-state index contributed by atoms with van der Waals surface area (Å²) in [6, 6.07) is 10.4. The summed E-state index contributed by atoms with van der Waals surface area (Å²) in [5.41, 5.74) is 2.30. The number of fused-ring (bicyclic) bond motifs is 3. The van der Waals surface area contributed by atoms with Crippen LogP contribution in [-0.4, -0.2) is 21.1 Å². The number of rotatable bonds is 4. The molecule has 5 rings (SSSR count). The molecule has 2 N–H and O–H groups in total. The van der Waals surface area contributed by atoms with E-state index < -0.39 is 10.0 Å². The third kappa shape index (κ3) is 4.15. The molecule has 5 nitrogen and oxygen atoms in total. The Bertz CT molecular complexity index is 1090. The molecule has 2 fully saturated rings. The summed E-state index contributed by atoms with van der Waals surface area (Å²) >= 11 is 12.0. The normalized spacial score (nSPS) is 26.1. The number of nitrogens with one attached hydrogen (secondary N) is 2. The van der Waals surface area contributed by atoms with Crippen molar-refractivity contribution in [3.8, 4) is 0 Å². The molecular weight excluding hydrogens is 455 g/mol. The summed E-state index contributed by atoms with van der Waals surface area (Å²) in [6.07, 6.45) is 7.40. The summed E-state index contributed by atoms with van der Waals surface area (Å²) in [6.45, 7) is 0.720. The van der Waals surface area contributed by atoms with Crippen molar-refractivity contribution >= 4 is 44.6 Å². The second kappa shape index (κ2) is 8.47. The third-order valence-corrected chi connectivity index (χ3v) is 9.01. The van der Waals surface area contributed by atoms with Crippen LogP contribution in [0, 0.1) is 11.8 Å². The molecule has 3 atom stereocenters. The topological polar surface area (TPSA) is 67.4 Å². The lowest BCUT2D eigenvalue weighted by Crippen LogP contribution is -2.42. The molecule has 8 heteroatoms. The number of sulfonamides is 1. The van der Waals surface area contributed by atoms with Crippen LogP contribution in [0.3, 0.4) is 0 Å². The van der Waals surface area contributed by atoms with Crippen LogP contribution in [-0.2, 0) is 14.8 Å². The van der Waals surface area contributed by atoms with Gasteiger partial charge in [-0.15, -0.1) is 0 Å². The number of ether oxygens (including phenoxy) is 1. The van der Waals surface area contributed by atoms with Gasteiger partial charge in [-0.2, -0.15) is 0 Å². The molecule has 1 aliphatic carbocycles. The molecule has 0 aromatic heterocycles. The molecule has 0 radical (unpaired) electrons. The highest BCUT2D eigenvalue weighted by atomic mass is 35.5. The third-order valence-electron chi connectivity index (χ3n) is 6.89. The second-order valence-corrected chi connectivity index (χ2v) is 11.3. The lowest BCUT2D eigenvalue weighted by molar-refractivity contribution is 0.0730. The lowest BCUT2D eigenvalue weighted by atomic mass is 9.73. The van der Waals surface area contributed by atoms with Gasteiger partial charge >= 0.3 is 0 Å². The average Bonchev–Trinajstić information content (AvgIpc) is 3.26. The predicted molar refractivity (Wildman–Crippen MR) is 124 cm³/mol. The molecule has 0 unspecified atom stereocenters. The van der Waals surface area contributed by atoms with Gasteiger partial charge < -0.3 is 10.1 Å². The van der Waals surface area contributed by atoms with Gasteiger partial charge in [-0.25, -0.2) is 8.42 Å². The summed E-state index contributed by atoms with van der Waals surface area (Å²) in [5, 5.41) is 4.43. The van der Waals surface area contributed by atoms with Gasteiger partial charge in [0.2, 0.25) is 0 Å². The van der Waals surface area contributed by atoms with Crippen molar-refractivity contribution in [1.82, 2.24) is 0 Å². The zero-order valence-electron chi connectivity index (χ0n) is 17.1. The first-order valence-corrected chi connectivity index (χ1v) is 13.2. The fraction of sp³-hybridized carbons (Fsp3) is 0.478. The first kappa shape index (κ1) is 21.4. The van der Waals surface area contributed by atoms with Gasteiger partial charge in [0.1, 0.15) is 0 Å². The van der Waals surface area contributed by atoms with Crippen LogP contribution in [0.4, 0.5) is 11.4 Å². The Morgan fingerprint density at radius 2 is 1.77 bits per heavy atom. The Labute approximate surface area is 193 Å². The molecule has 2 aromatic rings. The molecule has 3 aliphatic rings. The molecule has 0 spiro atoms. The van der Waals surface area contributed by atoms with Crippen molar-refractivity contribution < 1.29 is 13.2 Å². The molecule has 2 heterocycles. The number of benzene rings is 2. The van der Waals surface area contributed by atoms with E-state index in [4.69, 9.17) is 27.9 Å². The SMILES string of the molecule is O=S(=O)(Nc1ccc(Cl)c(Cl)c1)c1ccc2c(c1)[C@H]1OCC[C@H]1[C@H](C1CCCCC1)N2. The highest BCUT2D eigenvalue weighted by Crippen LogP contribution is 2.48. The van der Waals surface area contributed by atoms with E-state index >= 15 is 0 Å². The minimum atomic E-state index is -3.77. The highest BCUT2D eigenvalue weighted by molar-refractivity contribution is 7.92. The molecule has 1 saturated carbocycles. The Morgan fingerprint density at radius 1 is 0.968 bits per heavy atom. The fourth-order valence-electron chi connectivity index (χ4n) is 5.39. The average molecular weight is 481 g/mol. The van der Waals surface area contributed by atoms with Crippen molar-refractivity contribution in [2.24, 2.45) is 11.8 Å². The second-order valence-electron chi connectivity index (χ2n) is 8.80.